The van der Waals surface area contributed by atoms with E-state index in [1.807, 2.05) is 43.3 Å². The average Bonchev–Trinajstić information content (AvgIpc) is 2.95. The molecular formula is C32H42O9. The number of methoxy groups -OCH3 is 4. The fourth-order valence-electron chi connectivity index (χ4n) is 5.33. The lowest BCUT2D eigenvalue weighted by atomic mass is 9.68. The molecule has 0 spiro atoms. The number of rotatable bonds is 15. The normalized spacial score (nSPS) is 11.8. The summed E-state index contributed by atoms with van der Waals surface area (Å²) in [6.45, 7) is 2.32. The van der Waals surface area contributed by atoms with Crippen LogP contribution >= 0.6 is 0 Å². The van der Waals surface area contributed by atoms with Gasteiger partial charge in [-0.3, -0.25) is 0 Å². The first-order valence-corrected chi connectivity index (χ1v) is 13.4. The molecule has 0 bridgehead atoms. The van der Waals surface area contributed by atoms with Crippen molar-refractivity contribution in [2.24, 2.45) is 0 Å². The highest BCUT2D eigenvalue weighted by Gasteiger charge is 2.35. The van der Waals surface area contributed by atoms with Crippen LogP contribution in [0.25, 0.3) is 0 Å². The molecule has 0 aliphatic heterocycles. The number of hydrogen-bond donors (Lipinski definition) is 5. The van der Waals surface area contributed by atoms with Crippen LogP contribution in [0.15, 0.2) is 36.4 Å². The molecule has 41 heavy (non-hydrogen) atoms. The zero-order chi connectivity index (χ0) is 30.2. The van der Waals surface area contributed by atoms with Gasteiger partial charge in [0.15, 0.2) is 0 Å². The lowest BCUT2D eigenvalue weighted by Crippen LogP contribution is -2.27. The van der Waals surface area contributed by atoms with E-state index in [1.54, 1.807) is 28.4 Å². The van der Waals surface area contributed by atoms with Crippen LogP contribution in [-0.2, 0) is 63.6 Å². The number of ether oxygens (including phenoxy) is 4. The minimum absolute atomic E-state index is 0.0379. The second kappa shape index (κ2) is 14.6. The van der Waals surface area contributed by atoms with Crippen molar-refractivity contribution in [3.8, 4) is 17.2 Å². The van der Waals surface area contributed by atoms with Crippen LogP contribution in [-0.4, -0.2) is 67.2 Å². The van der Waals surface area contributed by atoms with E-state index >= 15 is 0 Å². The van der Waals surface area contributed by atoms with Gasteiger partial charge in [0.05, 0.1) is 26.4 Å². The summed E-state index contributed by atoms with van der Waals surface area (Å²) in [6.07, 6.45) is 0.431. The second-order valence-corrected chi connectivity index (χ2v) is 10.2. The summed E-state index contributed by atoms with van der Waals surface area (Å²) in [5.41, 5.74) is 4.80. The van der Waals surface area contributed by atoms with Gasteiger partial charge in [0.25, 0.3) is 0 Å². The highest BCUT2D eigenvalue weighted by atomic mass is 16.5. The Morgan fingerprint density at radius 1 is 0.488 bits per heavy atom. The zero-order valence-corrected chi connectivity index (χ0v) is 24.5. The number of aliphatic hydroxyl groups is 2. The van der Waals surface area contributed by atoms with Gasteiger partial charge in [-0.15, -0.1) is 0 Å². The Labute approximate surface area is 241 Å². The van der Waals surface area contributed by atoms with Gasteiger partial charge >= 0.3 is 0 Å². The van der Waals surface area contributed by atoms with Crippen LogP contribution in [0.2, 0.25) is 0 Å². The number of aromatic hydroxyl groups is 3. The smallest absolute Gasteiger partial charge is 0.126 e. The fraction of sp³-hybridized carbons (Fsp3) is 0.438. The Morgan fingerprint density at radius 3 is 0.976 bits per heavy atom. The van der Waals surface area contributed by atoms with Crippen LogP contribution in [0.4, 0.5) is 0 Å². The lowest BCUT2D eigenvalue weighted by molar-refractivity contribution is 0.174. The average molecular weight is 571 g/mol. The quantitative estimate of drug-likeness (QED) is 0.173. The summed E-state index contributed by atoms with van der Waals surface area (Å²) in [5.74, 6) is 0.201. The van der Waals surface area contributed by atoms with Crippen molar-refractivity contribution in [1.82, 2.24) is 0 Å². The molecule has 224 valence electrons. The molecule has 0 amide bonds. The molecule has 0 aliphatic carbocycles. The maximum atomic E-state index is 11.0. The molecule has 3 rings (SSSR count). The first kappa shape index (κ1) is 32.3. The Kier molecular flexibility index (Phi) is 11.5. The second-order valence-electron chi connectivity index (χ2n) is 10.2. The standard InChI is InChI=1S/C32H42O9/c1-32(26-10-20(6-8-33)29(35)21(11-26)7-9-34,27-12-22(16-38-2)30(36)23(13-27)17-39-3)28-14-24(18-40-4)31(37)25(15-28)19-41-5/h10-15,33-37H,6-9,16-19H2,1-5H3. The molecule has 0 heterocycles. The number of aliphatic hydroxyl groups excluding tert-OH is 2. The van der Waals surface area contributed by atoms with Crippen molar-refractivity contribution >= 4 is 0 Å². The Hall–Kier alpha value is -3.18. The highest BCUT2D eigenvalue weighted by molar-refractivity contribution is 5.59. The molecule has 0 unspecified atom stereocenters. The molecule has 0 aromatic heterocycles. The molecule has 3 aromatic rings. The predicted octanol–water partition coefficient (Wildman–Crippen LogP) is 3.81. The SMILES string of the molecule is COCc1cc(C(C)(c2cc(CCO)c(O)c(CCO)c2)c2cc(COC)c(O)c(COC)c2)cc(COC)c1O. The largest absolute Gasteiger partial charge is 0.507 e. The van der Waals surface area contributed by atoms with Crippen molar-refractivity contribution in [2.45, 2.75) is 51.6 Å². The number of phenolic OH excluding ortho intramolecular Hbond substituents is 3. The van der Waals surface area contributed by atoms with E-state index in [4.69, 9.17) is 18.9 Å². The molecule has 9 heteroatoms. The van der Waals surface area contributed by atoms with Gasteiger partial charge in [0.2, 0.25) is 0 Å². The van der Waals surface area contributed by atoms with Gasteiger partial charge in [-0.05, 0) is 71.8 Å². The van der Waals surface area contributed by atoms with Crippen molar-refractivity contribution in [2.75, 3.05) is 41.7 Å². The van der Waals surface area contributed by atoms with Crippen LogP contribution in [0.3, 0.4) is 0 Å². The Bertz CT molecular complexity index is 1080. The highest BCUT2D eigenvalue weighted by Crippen LogP contribution is 2.45. The van der Waals surface area contributed by atoms with E-state index in [1.165, 1.54) is 0 Å². The first-order valence-electron chi connectivity index (χ1n) is 13.4. The predicted molar refractivity (Wildman–Crippen MR) is 154 cm³/mol. The van der Waals surface area contributed by atoms with Crippen LogP contribution in [0.5, 0.6) is 17.2 Å². The van der Waals surface area contributed by atoms with E-state index in [0.717, 1.165) is 16.7 Å². The van der Waals surface area contributed by atoms with Crippen molar-refractivity contribution in [3.05, 3.63) is 86.5 Å². The van der Waals surface area contributed by atoms with E-state index in [9.17, 15) is 25.5 Å². The van der Waals surface area contributed by atoms with Crippen molar-refractivity contribution < 1.29 is 44.5 Å². The number of hydrogen-bond acceptors (Lipinski definition) is 9. The summed E-state index contributed by atoms with van der Waals surface area (Å²) in [4.78, 5) is 0. The van der Waals surface area contributed by atoms with Crippen LogP contribution < -0.4 is 0 Å². The van der Waals surface area contributed by atoms with Crippen molar-refractivity contribution in [1.29, 1.82) is 0 Å². The van der Waals surface area contributed by atoms with Gasteiger partial charge in [-0.1, -0.05) is 12.1 Å². The molecule has 0 saturated carbocycles. The molecule has 0 saturated heterocycles. The molecule has 0 atom stereocenters. The Balaban J connectivity index is 2.50. The third-order valence-electron chi connectivity index (χ3n) is 7.50. The van der Waals surface area contributed by atoms with Gasteiger partial charge in [-0.2, -0.15) is 0 Å². The van der Waals surface area contributed by atoms with Crippen molar-refractivity contribution in [3.63, 3.8) is 0 Å². The lowest BCUT2D eigenvalue weighted by Gasteiger charge is -2.35. The van der Waals surface area contributed by atoms with Gasteiger partial charge < -0.3 is 44.5 Å². The summed E-state index contributed by atoms with van der Waals surface area (Å²) in [5, 5.41) is 52.5. The molecule has 0 fully saturated rings. The minimum atomic E-state index is -0.931. The van der Waals surface area contributed by atoms with Gasteiger partial charge in [0, 0.05) is 69.3 Å². The molecule has 3 aromatic carbocycles. The summed E-state index contributed by atoms with van der Waals surface area (Å²) < 4.78 is 21.6. The monoisotopic (exact) mass is 570 g/mol. The van der Waals surface area contributed by atoms with Gasteiger partial charge in [0.1, 0.15) is 17.2 Å². The fourth-order valence-corrected chi connectivity index (χ4v) is 5.33. The first-order chi connectivity index (χ1) is 19.7. The summed E-state index contributed by atoms with van der Waals surface area (Å²) in [6, 6.07) is 11.2. The van der Waals surface area contributed by atoms with E-state index < -0.39 is 5.41 Å². The molecule has 5 N–H and O–H groups in total. The number of benzene rings is 3. The zero-order valence-electron chi connectivity index (χ0n) is 24.5. The summed E-state index contributed by atoms with van der Waals surface area (Å²) in [7, 11) is 6.21. The maximum Gasteiger partial charge on any atom is 0.126 e. The summed E-state index contributed by atoms with van der Waals surface area (Å²) >= 11 is 0. The number of phenols is 3. The third-order valence-corrected chi connectivity index (χ3v) is 7.50. The van der Waals surface area contributed by atoms with E-state index in [2.05, 4.69) is 0 Å². The van der Waals surface area contributed by atoms with E-state index in [0.29, 0.717) is 33.4 Å². The van der Waals surface area contributed by atoms with Crippen LogP contribution in [0.1, 0.15) is 57.0 Å². The van der Waals surface area contributed by atoms with Crippen LogP contribution in [0, 0.1) is 0 Å². The molecule has 0 radical (unpaired) electrons. The molecule has 9 nitrogen and oxygen atoms in total. The Morgan fingerprint density at radius 2 is 0.732 bits per heavy atom. The third kappa shape index (κ3) is 6.83. The molecular weight excluding hydrogens is 528 g/mol. The van der Waals surface area contributed by atoms with E-state index in [-0.39, 0.29) is 69.7 Å². The minimum Gasteiger partial charge on any atom is -0.507 e. The topological polar surface area (TPSA) is 138 Å². The van der Waals surface area contributed by atoms with Gasteiger partial charge in [-0.25, -0.2) is 0 Å². The maximum absolute atomic E-state index is 11.0. The molecule has 0 aliphatic rings.